The predicted octanol–water partition coefficient (Wildman–Crippen LogP) is 3.26. The van der Waals surface area contributed by atoms with Gasteiger partial charge in [-0.1, -0.05) is 24.3 Å². The number of para-hydroxylation sites is 1. The summed E-state index contributed by atoms with van der Waals surface area (Å²) in [4.78, 5) is 4.73. The highest BCUT2D eigenvalue weighted by Gasteiger charge is 2.21. The van der Waals surface area contributed by atoms with Crippen LogP contribution in [0.4, 0.5) is 0 Å². The van der Waals surface area contributed by atoms with Crippen LogP contribution in [0.25, 0.3) is 11.3 Å². The summed E-state index contributed by atoms with van der Waals surface area (Å²) in [5.41, 5.74) is 3.14. The Morgan fingerprint density at radius 3 is 2.71 bits per heavy atom. The molecule has 0 fully saturated rings. The first-order valence-electron chi connectivity index (χ1n) is 9.41. The zero-order valence-electron chi connectivity index (χ0n) is 16.2. The third kappa shape index (κ3) is 4.03. The van der Waals surface area contributed by atoms with Crippen LogP contribution in [-0.4, -0.2) is 36.4 Å². The summed E-state index contributed by atoms with van der Waals surface area (Å²) in [5, 5.41) is 3.48. The molecule has 3 aromatic rings. The molecular weight excluding hydrogens is 354 g/mol. The van der Waals surface area contributed by atoms with Gasteiger partial charge in [-0.2, -0.15) is 0 Å². The number of hydrogen-bond acceptors (Lipinski definition) is 5. The topological polar surface area (TPSA) is 57.5 Å². The van der Waals surface area contributed by atoms with Crippen molar-refractivity contribution in [1.29, 1.82) is 0 Å². The number of fused-ring (bicyclic) bond motifs is 1. The number of benzene rings is 2. The van der Waals surface area contributed by atoms with Crippen molar-refractivity contribution >= 4 is 0 Å². The first kappa shape index (κ1) is 18.5. The number of imidazole rings is 1. The molecule has 146 valence electrons. The van der Waals surface area contributed by atoms with E-state index in [1.807, 2.05) is 36.4 Å². The Labute approximate surface area is 165 Å². The zero-order valence-corrected chi connectivity index (χ0v) is 16.2. The summed E-state index contributed by atoms with van der Waals surface area (Å²) >= 11 is 0. The largest absolute Gasteiger partial charge is 0.497 e. The van der Waals surface area contributed by atoms with Crippen LogP contribution < -0.4 is 14.8 Å². The maximum Gasteiger partial charge on any atom is 0.135 e. The van der Waals surface area contributed by atoms with E-state index in [-0.39, 0.29) is 6.10 Å². The summed E-state index contributed by atoms with van der Waals surface area (Å²) in [5.74, 6) is 2.65. The number of ether oxygens (including phenoxy) is 3. The monoisotopic (exact) mass is 379 g/mol. The van der Waals surface area contributed by atoms with Gasteiger partial charge in [0.15, 0.2) is 0 Å². The van der Waals surface area contributed by atoms with Crippen LogP contribution in [-0.2, 0) is 24.4 Å². The molecule has 1 aromatic heterocycles. The minimum Gasteiger partial charge on any atom is -0.497 e. The maximum atomic E-state index is 5.99. The lowest BCUT2D eigenvalue weighted by Gasteiger charge is -2.24. The van der Waals surface area contributed by atoms with Crippen molar-refractivity contribution in [3.05, 3.63) is 66.1 Å². The van der Waals surface area contributed by atoms with Gasteiger partial charge in [0.2, 0.25) is 0 Å². The van der Waals surface area contributed by atoms with Crippen molar-refractivity contribution in [1.82, 2.24) is 14.9 Å². The van der Waals surface area contributed by atoms with Gasteiger partial charge in [-0.3, -0.25) is 0 Å². The number of nitrogens with one attached hydrogen (secondary N) is 1. The van der Waals surface area contributed by atoms with Crippen LogP contribution >= 0.6 is 0 Å². The van der Waals surface area contributed by atoms with Gasteiger partial charge in [0, 0.05) is 24.8 Å². The lowest BCUT2D eigenvalue weighted by Crippen LogP contribution is -2.35. The standard InChI is InChI=1S/C22H25N3O3/c1-26-17-9-7-16(8-10-17)11-23-12-18-13-25-14-20(24-22(25)15-28-18)19-5-3-4-6-21(19)27-2/h3-10,14,18,23H,11-13,15H2,1-2H3. The lowest BCUT2D eigenvalue weighted by atomic mass is 10.1. The molecule has 2 heterocycles. The fourth-order valence-corrected chi connectivity index (χ4v) is 3.42. The highest BCUT2D eigenvalue weighted by Crippen LogP contribution is 2.30. The molecule has 1 aliphatic heterocycles. The van der Waals surface area contributed by atoms with E-state index in [9.17, 15) is 0 Å². The van der Waals surface area contributed by atoms with Crippen molar-refractivity contribution in [2.45, 2.75) is 25.8 Å². The molecule has 1 aliphatic rings. The van der Waals surface area contributed by atoms with Crippen molar-refractivity contribution in [3.8, 4) is 22.8 Å². The number of methoxy groups -OCH3 is 2. The second-order valence-electron chi connectivity index (χ2n) is 6.81. The van der Waals surface area contributed by atoms with Gasteiger partial charge in [-0.05, 0) is 29.8 Å². The Balaban J connectivity index is 1.36. The highest BCUT2D eigenvalue weighted by atomic mass is 16.5. The normalized spacial score (nSPS) is 15.9. The van der Waals surface area contributed by atoms with Crippen LogP contribution in [0.5, 0.6) is 11.5 Å². The molecule has 28 heavy (non-hydrogen) atoms. The van der Waals surface area contributed by atoms with Gasteiger partial charge >= 0.3 is 0 Å². The average Bonchev–Trinajstić information content (AvgIpc) is 3.17. The second kappa shape index (κ2) is 8.46. The van der Waals surface area contributed by atoms with Gasteiger partial charge in [-0.25, -0.2) is 4.98 Å². The fraction of sp³-hybridized carbons (Fsp3) is 0.318. The summed E-state index contributed by atoms with van der Waals surface area (Å²) in [6.45, 7) is 2.89. The molecule has 4 rings (SSSR count). The van der Waals surface area contributed by atoms with Crippen LogP contribution in [0, 0.1) is 0 Å². The van der Waals surface area contributed by atoms with Crippen molar-refractivity contribution in [3.63, 3.8) is 0 Å². The fourth-order valence-electron chi connectivity index (χ4n) is 3.42. The Bertz CT molecular complexity index is 921. The van der Waals surface area contributed by atoms with Crippen molar-refractivity contribution < 1.29 is 14.2 Å². The minimum atomic E-state index is 0.116. The van der Waals surface area contributed by atoms with E-state index in [2.05, 4.69) is 28.2 Å². The van der Waals surface area contributed by atoms with Crippen molar-refractivity contribution in [2.75, 3.05) is 20.8 Å². The maximum absolute atomic E-state index is 5.99. The zero-order chi connectivity index (χ0) is 19.3. The van der Waals surface area contributed by atoms with E-state index < -0.39 is 0 Å². The molecule has 2 aromatic carbocycles. The molecule has 0 bridgehead atoms. The number of aromatic nitrogens is 2. The minimum absolute atomic E-state index is 0.116. The molecule has 0 aliphatic carbocycles. The van der Waals surface area contributed by atoms with E-state index in [1.54, 1.807) is 14.2 Å². The molecule has 1 atom stereocenters. The first-order valence-corrected chi connectivity index (χ1v) is 9.41. The number of hydrogen-bond donors (Lipinski definition) is 1. The molecule has 6 heteroatoms. The molecule has 0 radical (unpaired) electrons. The van der Waals surface area contributed by atoms with Crippen molar-refractivity contribution in [2.24, 2.45) is 0 Å². The van der Waals surface area contributed by atoms with Gasteiger partial charge in [0.05, 0.1) is 32.6 Å². The molecule has 0 saturated heterocycles. The number of rotatable bonds is 7. The van der Waals surface area contributed by atoms with Crippen LogP contribution in [0.2, 0.25) is 0 Å². The van der Waals surface area contributed by atoms with E-state index in [0.717, 1.165) is 48.2 Å². The van der Waals surface area contributed by atoms with E-state index >= 15 is 0 Å². The van der Waals surface area contributed by atoms with Gasteiger partial charge in [-0.15, -0.1) is 0 Å². The second-order valence-corrected chi connectivity index (χ2v) is 6.81. The summed E-state index contributed by atoms with van der Waals surface area (Å²) in [6, 6.07) is 16.0. The van der Waals surface area contributed by atoms with Crippen LogP contribution in [0.1, 0.15) is 11.4 Å². The number of nitrogens with zero attached hydrogens (tertiary/aromatic N) is 2. The smallest absolute Gasteiger partial charge is 0.135 e. The average molecular weight is 379 g/mol. The van der Waals surface area contributed by atoms with Crippen LogP contribution in [0.15, 0.2) is 54.7 Å². The molecule has 1 N–H and O–H groups in total. The summed E-state index contributed by atoms with van der Waals surface area (Å²) < 4.78 is 18.8. The molecule has 0 spiro atoms. The van der Waals surface area contributed by atoms with E-state index in [0.29, 0.717) is 6.61 Å². The quantitative estimate of drug-likeness (QED) is 0.683. The molecule has 1 unspecified atom stereocenters. The van der Waals surface area contributed by atoms with Gasteiger partial charge in [0.25, 0.3) is 0 Å². The molecule has 6 nitrogen and oxygen atoms in total. The third-order valence-electron chi connectivity index (χ3n) is 4.95. The van der Waals surface area contributed by atoms with Crippen LogP contribution in [0.3, 0.4) is 0 Å². The molecule has 0 amide bonds. The molecule has 0 saturated carbocycles. The first-order chi connectivity index (χ1) is 13.8. The van der Waals surface area contributed by atoms with E-state index in [4.69, 9.17) is 19.2 Å². The van der Waals surface area contributed by atoms with E-state index in [1.165, 1.54) is 5.56 Å². The Morgan fingerprint density at radius 2 is 1.93 bits per heavy atom. The Hall–Kier alpha value is -2.83. The molecular formula is C22H25N3O3. The lowest BCUT2D eigenvalue weighted by molar-refractivity contribution is 0.00278. The van der Waals surface area contributed by atoms with Gasteiger partial charge < -0.3 is 24.1 Å². The van der Waals surface area contributed by atoms with Gasteiger partial charge in [0.1, 0.15) is 23.9 Å². The SMILES string of the molecule is COc1ccc(CNCC2Cn3cc(-c4ccccc4OC)nc3CO2)cc1. The summed E-state index contributed by atoms with van der Waals surface area (Å²) in [6.07, 6.45) is 2.21. The predicted molar refractivity (Wildman–Crippen MR) is 107 cm³/mol. The Kier molecular flexibility index (Phi) is 5.60. The Morgan fingerprint density at radius 1 is 1.11 bits per heavy atom. The third-order valence-corrected chi connectivity index (χ3v) is 4.95. The summed E-state index contributed by atoms with van der Waals surface area (Å²) in [7, 11) is 3.36. The highest BCUT2D eigenvalue weighted by molar-refractivity contribution is 5.66.